The van der Waals surface area contributed by atoms with Crippen LogP contribution < -0.4 is 0 Å². The minimum Gasteiger partial charge on any atom is -0.205 e. The lowest BCUT2D eigenvalue weighted by Crippen LogP contribution is -1.85. The van der Waals surface area contributed by atoms with Crippen LogP contribution in [0.15, 0.2) is 26.9 Å². The van der Waals surface area contributed by atoms with Gasteiger partial charge in [0.05, 0.1) is 4.21 Å². The summed E-state index contributed by atoms with van der Waals surface area (Å²) < 4.78 is 27.3. The van der Waals surface area contributed by atoms with Crippen molar-refractivity contribution in [3.8, 4) is 0 Å². The molecule has 0 saturated heterocycles. The van der Waals surface area contributed by atoms with E-state index in [1.54, 1.807) is 12.1 Å². The Kier molecular flexibility index (Phi) is 2.81. The number of alkyl halides is 2. The molecule has 0 aliphatic carbocycles. The molecule has 2 aromatic rings. The van der Waals surface area contributed by atoms with Gasteiger partial charge in [0.15, 0.2) is 0 Å². The van der Waals surface area contributed by atoms with Crippen LogP contribution in [-0.4, -0.2) is 0 Å². The van der Waals surface area contributed by atoms with E-state index in [9.17, 15) is 8.78 Å². The lowest BCUT2D eigenvalue weighted by atomic mass is 10.2. The van der Waals surface area contributed by atoms with Crippen LogP contribution in [0.2, 0.25) is 0 Å². The number of fused-ring (bicyclic) bond motifs is 1. The maximum absolute atomic E-state index is 12.5. The first-order valence-corrected chi connectivity index (χ1v) is 5.84. The third-order valence-electron chi connectivity index (χ3n) is 1.89. The number of halogens is 3. The molecule has 2 rings (SSSR count). The quantitative estimate of drug-likeness (QED) is 0.711. The van der Waals surface area contributed by atoms with Crippen LogP contribution in [0.25, 0.3) is 10.1 Å². The zero-order valence-electron chi connectivity index (χ0n) is 6.80. The molecule has 0 bridgehead atoms. The van der Waals surface area contributed by atoms with Crippen molar-refractivity contribution in [2.45, 2.75) is 10.6 Å². The first-order valence-electron chi connectivity index (χ1n) is 3.78. The molecule has 1 heterocycles. The molecule has 0 atom stereocenters. The maximum Gasteiger partial charge on any atom is 0.264 e. The lowest BCUT2D eigenvalue weighted by molar-refractivity contribution is 0.151. The number of benzene rings is 1. The topological polar surface area (TPSA) is 0 Å². The molecule has 0 aliphatic rings. The third kappa shape index (κ3) is 1.68. The van der Waals surface area contributed by atoms with Crippen molar-refractivity contribution in [2.75, 3.05) is 0 Å². The van der Waals surface area contributed by atoms with E-state index in [2.05, 4.69) is 28.6 Å². The molecule has 0 fully saturated rings. The van der Waals surface area contributed by atoms with Gasteiger partial charge in [0, 0.05) is 20.1 Å². The van der Waals surface area contributed by atoms with Gasteiger partial charge in [-0.3, -0.25) is 0 Å². The third-order valence-corrected chi connectivity index (χ3v) is 4.08. The van der Waals surface area contributed by atoms with Gasteiger partial charge < -0.3 is 0 Å². The summed E-state index contributed by atoms with van der Waals surface area (Å²) >= 11 is 8.85. The number of rotatable bonds is 1. The Morgan fingerprint density at radius 3 is 2.71 bits per heavy atom. The van der Waals surface area contributed by atoms with Crippen molar-refractivity contribution in [2.24, 2.45) is 0 Å². The highest BCUT2D eigenvalue weighted by atomic mass is 79.9. The van der Waals surface area contributed by atoms with Crippen molar-refractivity contribution in [1.29, 1.82) is 0 Å². The molecule has 0 spiro atoms. The van der Waals surface area contributed by atoms with Crippen molar-refractivity contribution < 1.29 is 8.78 Å². The smallest absolute Gasteiger partial charge is 0.205 e. The zero-order valence-corrected chi connectivity index (χ0v) is 10.1. The summed E-state index contributed by atoms with van der Waals surface area (Å²) in [5.74, 6) is 0. The van der Waals surface area contributed by atoms with Crippen molar-refractivity contribution >= 4 is 50.0 Å². The molecule has 0 N–H and O–H groups in total. The van der Waals surface area contributed by atoms with Gasteiger partial charge in [0.25, 0.3) is 6.43 Å². The molecule has 14 heavy (non-hydrogen) atoms. The molecule has 0 unspecified atom stereocenters. The van der Waals surface area contributed by atoms with Crippen LogP contribution in [0.3, 0.4) is 0 Å². The molecule has 1 aromatic heterocycles. The fourth-order valence-corrected chi connectivity index (χ4v) is 3.25. The number of hydrogen-bond acceptors (Lipinski definition) is 2. The average molecular weight is 295 g/mol. The first kappa shape index (κ1) is 10.4. The SMILES string of the molecule is FC(F)c1ccc2sc(S)cc2c1Br. The summed E-state index contributed by atoms with van der Waals surface area (Å²) in [4.78, 5) is 0. The van der Waals surface area contributed by atoms with Crippen molar-refractivity contribution in [1.82, 2.24) is 0 Å². The molecule has 74 valence electrons. The summed E-state index contributed by atoms with van der Waals surface area (Å²) in [6.07, 6.45) is -2.45. The molecule has 1 aromatic carbocycles. The van der Waals surface area contributed by atoms with Gasteiger partial charge in [-0.15, -0.1) is 24.0 Å². The van der Waals surface area contributed by atoms with Crippen LogP contribution in [0.4, 0.5) is 8.78 Å². The molecule has 0 saturated carbocycles. The van der Waals surface area contributed by atoms with Crippen LogP contribution in [-0.2, 0) is 0 Å². The second kappa shape index (κ2) is 3.79. The van der Waals surface area contributed by atoms with Gasteiger partial charge in [-0.2, -0.15) is 0 Å². The van der Waals surface area contributed by atoms with Gasteiger partial charge in [0.1, 0.15) is 0 Å². The second-order valence-corrected chi connectivity index (χ2v) is 5.43. The number of thiophene rings is 1. The fraction of sp³-hybridized carbons (Fsp3) is 0.111. The Bertz CT molecular complexity index is 479. The predicted octanol–water partition coefficient (Wildman–Crippen LogP) is 4.89. The maximum atomic E-state index is 12.5. The van der Waals surface area contributed by atoms with E-state index in [1.807, 2.05) is 0 Å². The summed E-state index contributed by atoms with van der Waals surface area (Å²) in [6.45, 7) is 0. The number of thiol groups is 1. The van der Waals surface area contributed by atoms with Crippen LogP contribution in [0.1, 0.15) is 12.0 Å². The van der Waals surface area contributed by atoms with Crippen LogP contribution in [0, 0.1) is 0 Å². The average Bonchev–Trinajstić information content (AvgIpc) is 2.46. The van der Waals surface area contributed by atoms with E-state index in [1.165, 1.54) is 17.4 Å². The zero-order chi connectivity index (χ0) is 10.3. The van der Waals surface area contributed by atoms with Gasteiger partial charge in [-0.25, -0.2) is 8.78 Å². The Morgan fingerprint density at radius 1 is 1.36 bits per heavy atom. The largest absolute Gasteiger partial charge is 0.264 e. The molecule has 0 amide bonds. The van der Waals surface area contributed by atoms with Gasteiger partial charge in [-0.05, 0) is 28.1 Å². The van der Waals surface area contributed by atoms with E-state index >= 15 is 0 Å². The summed E-state index contributed by atoms with van der Waals surface area (Å²) in [7, 11) is 0. The van der Waals surface area contributed by atoms with Crippen LogP contribution in [0.5, 0.6) is 0 Å². The molecule has 5 heteroatoms. The van der Waals surface area contributed by atoms with E-state index < -0.39 is 6.43 Å². The van der Waals surface area contributed by atoms with Crippen molar-refractivity contribution in [3.05, 3.63) is 28.2 Å². The minimum atomic E-state index is -2.45. The second-order valence-electron chi connectivity index (χ2n) is 2.77. The molecule has 0 radical (unpaired) electrons. The monoisotopic (exact) mass is 294 g/mol. The minimum absolute atomic E-state index is 0.0311. The van der Waals surface area contributed by atoms with Crippen LogP contribution >= 0.6 is 39.9 Å². The number of hydrogen-bond donors (Lipinski definition) is 1. The Labute approximate surface area is 97.5 Å². The molecule has 0 aliphatic heterocycles. The summed E-state index contributed by atoms with van der Waals surface area (Å²) in [5, 5.41) is 0.804. The first-order chi connectivity index (χ1) is 6.59. The van der Waals surface area contributed by atoms with E-state index in [0.29, 0.717) is 4.47 Å². The predicted molar refractivity (Wildman–Crippen MR) is 61.7 cm³/mol. The molecular formula is C9H5BrF2S2. The molecule has 0 nitrogen and oxygen atoms in total. The Balaban J connectivity index is 2.74. The highest BCUT2D eigenvalue weighted by molar-refractivity contribution is 9.10. The van der Waals surface area contributed by atoms with E-state index in [-0.39, 0.29) is 5.56 Å². The van der Waals surface area contributed by atoms with Crippen molar-refractivity contribution in [3.63, 3.8) is 0 Å². The highest BCUT2D eigenvalue weighted by Crippen LogP contribution is 2.38. The van der Waals surface area contributed by atoms with Gasteiger partial charge in [-0.1, -0.05) is 6.07 Å². The Hall–Kier alpha value is -0.130. The summed E-state index contributed by atoms with van der Waals surface area (Å²) in [6, 6.07) is 4.94. The normalized spacial score (nSPS) is 11.5. The Morgan fingerprint density at radius 2 is 2.07 bits per heavy atom. The van der Waals surface area contributed by atoms with E-state index in [4.69, 9.17) is 0 Å². The van der Waals surface area contributed by atoms with Gasteiger partial charge >= 0.3 is 0 Å². The standard InChI is InChI=1S/C9H5BrF2S2/c10-8-4(9(11)12)1-2-6-5(8)3-7(13)14-6/h1-3,9,13H. The fourth-order valence-electron chi connectivity index (χ4n) is 1.25. The molecular weight excluding hydrogens is 290 g/mol. The van der Waals surface area contributed by atoms with E-state index in [0.717, 1.165) is 14.3 Å². The van der Waals surface area contributed by atoms with Gasteiger partial charge in [0.2, 0.25) is 0 Å². The lowest BCUT2D eigenvalue weighted by Gasteiger charge is -2.03. The summed E-state index contributed by atoms with van der Waals surface area (Å²) in [5.41, 5.74) is 0.0311. The highest BCUT2D eigenvalue weighted by Gasteiger charge is 2.14.